The highest BCUT2D eigenvalue weighted by atomic mass is 35.5. The molecule has 5 nitrogen and oxygen atoms in total. The predicted molar refractivity (Wildman–Crippen MR) is 110 cm³/mol. The average Bonchev–Trinajstić information content (AvgIpc) is 2.64. The van der Waals surface area contributed by atoms with Crippen molar-refractivity contribution in [1.82, 2.24) is 4.31 Å². The van der Waals surface area contributed by atoms with Crippen molar-refractivity contribution in [1.29, 1.82) is 0 Å². The van der Waals surface area contributed by atoms with Gasteiger partial charge >= 0.3 is 0 Å². The molecule has 1 fully saturated rings. The molecule has 0 aliphatic carbocycles. The highest BCUT2D eigenvalue weighted by Gasteiger charge is 2.30. The molecular formula is C18H19Cl3N2O3S. The van der Waals surface area contributed by atoms with E-state index >= 15 is 0 Å². The third-order valence-corrected chi connectivity index (χ3v) is 7.42. The van der Waals surface area contributed by atoms with Gasteiger partial charge in [-0.25, -0.2) is 8.42 Å². The van der Waals surface area contributed by atoms with E-state index in [2.05, 4.69) is 4.90 Å². The molecule has 3 rings (SSSR count). The fourth-order valence-corrected chi connectivity index (χ4v) is 5.42. The van der Waals surface area contributed by atoms with Gasteiger partial charge in [0.05, 0.1) is 22.1 Å². The average molecular weight is 450 g/mol. The minimum Gasteiger partial charge on any atom is -0.494 e. The van der Waals surface area contributed by atoms with Crippen molar-refractivity contribution in [2.45, 2.75) is 11.8 Å². The molecule has 0 atom stereocenters. The molecule has 0 unspecified atom stereocenters. The Hall–Kier alpha value is -1.18. The Balaban J connectivity index is 1.77. The van der Waals surface area contributed by atoms with Crippen molar-refractivity contribution < 1.29 is 13.2 Å². The van der Waals surface area contributed by atoms with Gasteiger partial charge in [-0.2, -0.15) is 4.31 Å². The zero-order chi connectivity index (χ0) is 19.8. The van der Waals surface area contributed by atoms with Gasteiger partial charge in [0.2, 0.25) is 10.0 Å². The topological polar surface area (TPSA) is 49.9 Å². The van der Waals surface area contributed by atoms with Crippen LogP contribution in [0.15, 0.2) is 35.2 Å². The molecule has 2 aromatic carbocycles. The van der Waals surface area contributed by atoms with Gasteiger partial charge in [-0.1, -0.05) is 40.9 Å². The van der Waals surface area contributed by atoms with Crippen LogP contribution in [0.3, 0.4) is 0 Å². The number of halogens is 3. The van der Waals surface area contributed by atoms with Crippen LogP contribution in [-0.4, -0.2) is 46.0 Å². The summed E-state index contributed by atoms with van der Waals surface area (Å²) < 4.78 is 32.4. The summed E-state index contributed by atoms with van der Waals surface area (Å²) in [6, 6.07) is 8.60. The number of methoxy groups -OCH3 is 1. The van der Waals surface area contributed by atoms with Crippen molar-refractivity contribution in [3.63, 3.8) is 0 Å². The van der Waals surface area contributed by atoms with Crippen LogP contribution in [0.1, 0.15) is 5.56 Å². The number of aryl methyl sites for hydroxylation is 1. The first-order chi connectivity index (χ1) is 12.7. The second-order valence-electron chi connectivity index (χ2n) is 6.24. The molecule has 1 heterocycles. The van der Waals surface area contributed by atoms with Gasteiger partial charge in [0.15, 0.2) is 5.75 Å². The number of nitrogens with zero attached hydrogens (tertiary/aromatic N) is 2. The Labute approximate surface area is 174 Å². The molecule has 2 aromatic rings. The minimum absolute atomic E-state index is 0.0603. The van der Waals surface area contributed by atoms with E-state index in [0.29, 0.717) is 31.2 Å². The summed E-state index contributed by atoms with van der Waals surface area (Å²) in [5, 5.41) is 1.03. The van der Waals surface area contributed by atoms with E-state index in [4.69, 9.17) is 39.5 Å². The third kappa shape index (κ3) is 4.15. The maximum absolute atomic E-state index is 13.0. The van der Waals surface area contributed by atoms with E-state index in [0.717, 1.165) is 11.3 Å². The zero-order valence-corrected chi connectivity index (χ0v) is 18.0. The van der Waals surface area contributed by atoms with Crippen molar-refractivity contribution >= 4 is 50.5 Å². The predicted octanol–water partition coefficient (Wildman–Crippen LogP) is 4.47. The first kappa shape index (κ1) is 20.6. The lowest BCUT2D eigenvalue weighted by molar-refractivity contribution is 0.384. The van der Waals surface area contributed by atoms with Gasteiger partial charge in [0.25, 0.3) is 0 Å². The monoisotopic (exact) mass is 448 g/mol. The van der Waals surface area contributed by atoms with E-state index in [9.17, 15) is 8.42 Å². The lowest BCUT2D eigenvalue weighted by Gasteiger charge is -2.35. The van der Waals surface area contributed by atoms with Gasteiger partial charge in [-0.3, -0.25) is 0 Å². The number of hydrogen-bond acceptors (Lipinski definition) is 4. The molecule has 146 valence electrons. The molecule has 0 N–H and O–H groups in total. The standard InChI is InChI=1S/C18H19Cl3N2O3S/c1-12-3-4-13(9-15(12)19)22-5-7-23(8-6-22)27(24,25)14-10-16(20)18(26-2)17(21)11-14/h3-4,9-11H,5-8H2,1-2H3. The van der Waals surface area contributed by atoms with Crippen molar-refractivity contribution in [3.05, 3.63) is 51.0 Å². The van der Waals surface area contributed by atoms with Crippen LogP contribution >= 0.6 is 34.8 Å². The number of piperazine rings is 1. The Kier molecular flexibility index (Phi) is 6.13. The van der Waals surface area contributed by atoms with Crippen LogP contribution in [0.25, 0.3) is 0 Å². The van der Waals surface area contributed by atoms with E-state index in [1.807, 2.05) is 25.1 Å². The van der Waals surface area contributed by atoms with Crippen molar-refractivity contribution in [2.24, 2.45) is 0 Å². The molecule has 0 spiro atoms. The summed E-state index contributed by atoms with van der Waals surface area (Å²) in [4.78, 5) is 2.18. The zero-order valence-electron chi connectivity index (χ0n) is 14.9. The summed E-state index contributed by atoms with van der Waals surface area (Å²) >= 11 is 18.4. The summed E-state index contributed by atoms with van der Waals surface area (Å²) in [6.45, 7) is 3.79. The van der Waals surface area contributed by atoms with E-state index < -0.39 is 10.0 Å². The molecule has 1 saturated heterocycles. The molecule has 0 aromatic heterocycles. The van der Waals surface area contributed by atoms with Gasteiger partial charge in [0.1, 0.15) is 0 Å². The highest BCUT2D eigenvalue weighted by molar-refractivity contribution is 7.89. The molecule has 27 heavy (non-hydrogen) atoms. The largest absolute Gasteiger partial charge is 0.494 e. The highest BCUT2D eigenvalue weighted by Crippen LogP contribution is 2.36. The van der Waals surface area contributed by atoms with Crippen molar-refractivity contribution in [2.75, 3.05) is 38.2 Å². The Morgan fingerprint density at radius 1 is 0.926 bits per heavy atom. The smallest absolute Gasteiger partial charge is 0.243 e. The molecule has 0 bridgehead atoms. The third-order valence-electron chi connectivity index (χ3n) is 4.57. The summed E-state index contributed by atoms with van der Waals surface area (Å²) in [5.74, 6) is 0.262. The summed E-state index contributed by atoms with van der Waals surface area (Å²) in [7, 11) is -2.27. The fraction of sp³-hybridized carbons (Fsp3) is 0.333. The van der Waals surface area contributed by atoms with Crippen LogP contribution in [0.4, 0.5) is 5.69 Å². The molecule has 0 radical (unpaired) electrons. The molecule has 0 amide bonds. The second-order valence-corrected chi connectivity index (χ2v) is 9.40. The maximum atomic E-state index is 13.0. The summed E-state index contributed by atoms with van der Waals surface area (Å²) in [6.07, 6.45) is 0. The Morgan fingerprint density at radius 3 is 2.04 bits per heavy atom. The number of rotatable bonds is 4. The van der Waals surface area contributed by atoms with Crippen molar-refractivity contribution in [3.8, 4) is 5.75 Å². The molecular weight excluding hydrogens is 431 g/mol. The number of hydrogen-bond donors (Lipinski definition) is 0. The van der Waals surface area contributed by atoms with Gasteiger partial charge in [-0.05, 0) is 36.8 Å². The summed E-state index contributed by atoms with van der Waals surface area (Å²) in [5.41, 5.74) is 1.99. The first-order valence-corrected chi connectivity index (χ1v) is 10.9. The number of anilines is 1. The Morgan fingerprint density at radius 2 is 1.52 bits per heavy atom. The van der Waals surface area contributed by atoms with E-state index in [1.54, 1.807) is 0 Å². The van der Waals surface area contributed by atoms with E-state index in [1.165, 1.54) is 23.5 Å². The van der Waals surface area contributed by atoms with Crippen LogP contribution in [-0.2, 0) is 10.0 Å². The van der Waals surface area contributed by atoms with E-state index in [-0.39, 0.29) is 20.7 Å². The molecule has 1 aliphatic rings. The first-order valence-electron chi connectivity index (χ1n) is 8.28. The van der Waals surface area contributed by atoms with Crippen LogP contribution in [0.5, 0.6) is 5.75 Å². The number of sulfonamides is 1. The quantitative estimate of drug-likeness (QED) is 0.691. The number of benzene rings is 2. The van der Waals surface area contributed by atoms with Gasteiger partial charge in [-0.15, -0.1) is 0 Å². The van der Waals surface area contributed by atoms with Gasteiger partial charge < -0.3 is 9.64 Å². The minimum atomic E-state index is -3.70. The lowest BCUT2D eigenvalue weighted by atomic mass is 10.2. The lowest BCUT2D eigenvalue weighted by Crippen LogP contribution is -2.48. The molecule has 1 aliphatic heterocycles. The number of ether oxygens (including phenoxy) is 1. The SMILES string of the molecule is COc1c(Cl)cc(S(=O)(=O)N2CCN(c3ccc(C)c(Cl)c3)CC2)cc1Cl. The van der Waals surface area contributed by atoms with Gasteiger partial charge in [0, 0.05) is 36.9 Å². The van der Waals surface area contributed by atoms with Crippen LogP contribution < -0.4 is 9.64 Å². The van der Waals surface area contributed by atoms with Crippen LogP contribution in [0, 0.1) is 6.92 Å². The second kappa shape index (κ2) is 8.05. The Bertz CT molecular complexity index is 935. The molecule has 9 heteroatoms. The normalized spacial score (nSPS) is 15.8. The maximum Gasteiger partial charge on any atom is 0.243 e. The fourth-order valence-electron chi connectivity index (χ4n) is 2.99. The van der Waals surface area contributed by atoms with Crippen LogP contribution in [0.2, 0.25) is 15.1 Å². The molecule has 0 saturated carbocycles.